The van der Waals surface area contributed by atoms with Crippen LogP contribution in [0.1, 0.15) is 44.0 Å². The van der Waals surface area contributed by atoms with Gasteiger partial charge < -0.3 is 15.7 Å². The molecule has 2 rings (SSSR count). The molecule has 1 heterocycles. The fraction of sp³-hybridized carbons (Fsp3) is 0.600. The van der Waals surface area contributed by atoms with Crippen LogP contribution >= 0.6 is 11.3 Å². The number of amides is 2. The van der Waals surface area contributed by atoms with Crippen LogP contribution in [0.25, 0.3) is 0 Å². The minimum Gasteiger partial charge on any atom is -0.391 e. The van der Waals surface area contributed by atoms with E-state index in [2.05, 4.69) is 10.6 Å². The van der Waals surface area contributed by atoms with Gasteiger partial charge in [0.25, 0.3) is 0 Å². The van der Waals surface area contributed by atoms with Crippen molar-refractivity contribution in [3.8, 4) is 0 Å². The van der Waals surface area contributed by atoms with Gasteiger partial charge in [0.15, 0.2) is 0 Å². The molecule has 0 radical (unpaired) electrons. The van der Waals surface area contributed by atoms with E-state index in [-0.39, 0.29) is 23.8 Å². The third kappa shape index (κ3) is 4.28. The molecule has 3 atom stereocenters. The summed E-state index contributed by atoms with van der Waals surface area (Å²) in [6, 6.07) is 2.93. The fourth-order valence-electron chi connectivity index (χ4n) is 2.15. The first-order chi connectivity index (χ1) is 10.0. The number of hydrogen-bond donors (Lipinski definition) is 3. The lowest BCUT2D eigenvalue weighted by Gasteiger charge is -2.24. The second kappa shape index (κ2) is 7.04. The highest BCUT2D eigenvalue weighted by molar-refractivity contribution is 7.10. The van der Waals surface area contributed by atoms with Crippen LogP contribution in [0.15, 0.2) is 17.5 Å². The number of hydrogen-bond acceptors (Lipinski definition) is 4. The maximum Gasteiger partial charge on any atom is 0.245 e. The Bertz CT molecular complexity index is 483. The number of carbonyl (C=O) groups is 2. The Balaban J connectivity index is 1.98. The maximum atomic E-state index is 12.3. The molecule has 0 bridgehead atoms. The fourth-order valence-corrected chi connectivity index (χ4v) is 3.01. The van der Waals surface area contributed by atoms with Gasteiger partial charge in [-0.3, -0.25) is 9.59 Å². The second-order valence-electron chi connectivity index (χ2n) is 5.49. The average Bonchev–Trinajstić information content (AvgIpc) is 3.17. The lowest BCUT2D eigenvalue weighted by Crippen LogP contribution is -2.53. The lowest BCUT2D eigenvalue weighted by molar-refractivity contribution is -0.132. The largest absolute Gasteiger partial charge is 0.391 e. The molecular formula is C15H22N2O3S. The lowest BCUT2D eigenvalue weighted by atomic mass is 10.1. The second-order valence-corrected chi connectivity index (χ2v) is 6.47. The number of carbonyl (C=O) groups excluding carboxylic acids is 2. The molecule has 1 fully saturated rings. The van der Waals surface area contributed by atoms with Crippen molar-refractivity contribution in [2.75, 3.05) is 0 Å². The van der Waals surface area contributed by atoms with E-state index in [0.29, 0.717) is 0 Å². The van der Waals surface area contributed by atoms with Crippen LogP contribution < -0.4 is 10.6 Å². The molecule has 0 spiro atoms. The van der Waals surface area contributed by atoms with Gasteiger partial charge in [0, 0.05) is 10.8 Å². The van der Waals surface area contributed by atoms with Crippen LogP contribution in [0, 0.1) is 5.92 Å². The number of thiophene rings is 1. The smallest absolute Gasteiger partial charge is 0.245 e. The summed E-state index contributed by atoms with van der Waals surface area (Å²) >= 11 is 1.58. The number of nitrogens with one attached hydrogen (secondary N) is 2. The Morgan fingerprint density at radius 1 is 1.43 bits per heavy atom. The quantitative estimate of drug-likeness (QED) is 0.715. The first-order valence-electron chi connectivity index (χ1n) is 7.35. The van der Waals surface area contributed by atoms with Gasteiger partial charge >= 0.3 is 0 Å². The van der Waals surface area contributed by atoms with Crippen molar-refractivity contribution in [3.05, 3.63) is 22.4 Å². The molecule has 0 saturated heterocycles. The highest BCUT2D eigenvalue weighted by atomic mass is 32.1. The Morgan fingerprint density at radius 2 is 2.14 bits per heavy atom. The van der Waals surface area contributed by atoms with Gasteiger partial charge in [0.1, 0.15) is 6.04 Å². The average molecular weight is 310 g/mol. The predicted molar refractivity (Wildman–Crippen MR) is 81.8 cm³/mol. The molecule has 3 unspecified atom stereocenters. The molecule has 3 N–H and O–H groups in total. The molecule has 0 aliphatic heterocycles. The number of rotatable bonds is 7. The van der Waals surface area contributed by atoms with E-state index in [1.165, 1.54) is 6.92 Å². The minimum absolute atomic E-state index is 0.0123. The summed E-state index contributed by atoms with van der Waals surface area (Å²) in [4.78, 5) is 25.2. The molecular weight excluding hydrogens is 288 g/mol. The standard InChI is InChI=1S/C15H22N2O3S/c1-3-11(12-5-4-8-21-12)16-15(20)13(9(2)18)17-14(19)10-6-7-10/h4-5,8-11,13,18H,3,6-7H2,1-2H3,(H,16,20)(H,17,19). The summed E-state index contributed by atoms with van der Waals surface area (Å²) in [6.07, 6.45) is 1.57. The normalized spacial score (nSPS) is 18.6. The summed E-state index contributed by atoms with van der Waals surface area (Å²) in [5.74, 6) is -0.460. The van der Waals surface area contributed by atoms with Crippen molar-refractivity contribution in [2.45, 2.75) is 51.3 Å². The molecule has 1 aromatic heterocycles. The minimum atomic E-state index is -0.923. The molecule has 1 aliphatic rings. The zero-order valence-electron chi connectivity index (χ0n) is 12.3. The monoisotopic (exact) mass is 310 g/mol. The van der Waals surface area contributed by atoms with E-state index < -0.39 is 12.1 Å². The Morgan fingerprint density at radius 3 is 2.62 bits per heavy atom. The Kier molecular flexibility index (Phi) is 5.36. The molecule has 6 heteroatoms. The highest BCUT2D eigenvalue weighted by Gasteiger charge is 2.34. The van der Waals surface area contributed by atoms with E-state index in [0.717, 1.165) is 24.1 Å². The molecule has 2 amide bonds. The molecule has 21 heavy (non-hydrogen) atoms. The maximum absolute atomic E-state index is 12.3. The summed E-state index contributed by atoms with van der Waals surface area (Å²) in [6.45, 7) is 3.51. The van der Waals surface area contributed by atoms with Gasteiger partial charge in [-0.2, -0.15) is 0 Å². The van der Waals surface area contributed by atoms with Crippen LogP contribution in [-0.2, 0) is 9.59 Å². The van der Waals surface area contributed by atoms with Crippen LogP contribution in [0.5, 0.6) is 0 Å². The molecule has 116 valence electrons. The number of aliphatic hydroxyl groups excluding tert-OH is 1. The van der Waals surface area contributed by atoms with Crippen LogP contribution in [0.4, 0.5) is 0 Å². The SMILES string of the molecule is CCC(NC(=O)C(NC(=O)C1CC1)C(C)O)c1cccs1. The summed E-state index contributed by atoms with van der Waals surface area (Å²) < 4.78 is 0. The number of aliphatic hydroxyl groups is 1. The summed E-state index contributed by atoms with van der Waals surface area (Å²) in [5, 5.41) is 17.3. The van der Waals surface area contributed by atoms with Gasteiger partial charge in [0.2, 0.25) is 11.8 Å². The zero-order chi connectivity index (χ0) is 15.4. The van der Waals surface area contributed by atoms with E-state index >= 15 is 0 Å². The Labute approximate surface area is 128 Å². The first-order valence-corrected chi connectivity index (χ1v) is 8.23. The molecule has 1 aromatic rings. The van der Waals surface area contributed by atoms with Gasteiger partial charge in [-0.1, -0.05) is 13.0 Å². The van der Waals surface area contributed by atoms with Crippen molar-refractivity contribution < 1.29 is 14.7 Å². The van der Waals surface area contributed by atoms with Crippen molar-refractivity contribution in [2.24, 2.45) is 5.92 Å². The van der Waals surface area contributed by atoms with Gasteiger partial charge in [0.05, 0.1) is 12.1 Å². The van der Waals surface area contributed by atoms with Gasteiger partial charge in [-0.05, 0) is 37.6 Å². The van der Waals surface area contributed by atoms with E-state index in [4.69, 9.17) is 0 Å². The van der Waals surface area contributed by atoms with Gasteiger partial charge in [-0.15, -0.1) is 11.3 Å². The summed E-state index contributed by atoms with van der Waals surface area (Å²) in [5.41, 5.74) is 0. The topological polar surface area (TPSA) is 78.4 Å². The van der Waals surface area contributed by atoms with E-state index in [9.17, 15) is 14.7 Å². The third-order valence-electron chi connectivity index (χ3n) is 3.62. The van der Waals surface area contributed by atoms with E-state index in [1.54, 1.807) is 11.3 Å². The van der Waals surface area contributed by atoms with Gasteiger partial charge in [-0.25, -0.2) is 0 Å². The van der Waals surface area contributed by atoms with Crippen molar-refractivity contribution in [1.29, 1.82) is 0 Å². The van der Waals surface area contributed by atoms with Crippen molar-refractivity contribution >= 4 is 23.2 Å². The third-order valence-corrected chi connectivity index (χ3v) is 4.61. The molecule has 1 aliphatic carbocycles. The van der Waals surface area contributed by atoms with Crippen LogP contribution in [-0.4, -0.2) is 29.1 Å². The van der Waals surface area contributed by atoms with Crippen LogP contribution in [0.2, 0.25) is 0 Å². The van der Waals surface area contributed by atoms with Crippen molar-refractivity contribution in [1.82, 2.24) is 10.6 Å². The first kappa shape index (κ1) is 16.0. The Hall–Kier alpha value is -1.40. The van der Waals surface area contributed by atoms with Crippen molar-refractivity contribution in [3.63, 3.8) is 0 Å². The summed E-state index contributed by atoms with van der Waals surface area (Å²) in [7, 11) is 0. The molecule has 5 nitrogen and oxygen atoms in total. The predicted octanol–water partition coefficient (Wildman–Crippen LogP) is 1.59. The van der Waals surface area contributed by atoms with Crippen LogP contribution in [0.3, 0.4) is 0 Å². The molecule has 0 aromatic carbocycles. The highest BCUT2D eigenvalue weighted by Crippen LogP contribution is 2.29. The van der Waals surface area contributed by atoms with E-state index in [1.807, 2.05) is 24.4 Å². The zero-order valence-corrected chi connectivity index (χ0v) is 13.2. The molecule has 1 saturated carbocycles.